The monoisotopic (exact) mass is 267 g/mol. The van der Waals surface area contributed by atoms with Gasteiger partial charge < -0.3 is 10.4 Å². The van der Waals surface area contributed by atoms with Gasteiger partial charge in [0.1, 0.15) is 12.6 Å². The third kappa shape index (κ3) is 4.90. The van der Waals surface area contributed by atoms with E-state index in [4.69, 9.17) is 5.11 Å². The quantitative estimate of drug-likeness (QED) is 0.724. The lowest BCUT2D eigenvalue weighted by molar-refractivity contribution is -0.142. The van der Waals surface area contributed by atoms with Crippen LogP contribution in [0.4, 0.5) is 0 Å². The highest BCUT2D eigenvalue weighted by Gasteiger charge is 2.19. The van der Waals surface area contributed by atoms with Gasteiger partial charge >= 0.3 is 11.7 Å². The van der Waals surface area contributed by atoms with Crippen LogP contribution >= 0.6 is 0 Å². The van der Waals surface area contributed by atoms with Gasteiger partial charge in [0.25, 0.3) is 0 Å². The fourth-order valence-corrected chi connectivity index (χ4v) is 1.57. The highest BCUT2D eigenvalue weighted by atomic mass is 16.4. The molecule has 1 aromatic rings. The second kappa shape index (κ2) is 7.30. The summed E-state index contributed by atoms with van der Waals surface area (Å²) in [6, 6.07) is 0.611. The molecule has 7 nitrogen and oxygen atoms in total. The first-order chi connectivity index (χ1) is 9.04. The number of hydrogen-bond acceptors (Lipinski definition) is 4. The molecule has 0 saturated heterocycles. The van der Waals surface area contributed by atoms with E-state index < -0.39 is 23.6 Å². The van der Waals surface area contributed by atoms with E-state index in [1.165, 1.54) is 18.5 Å². The van der Waals surface area contributed by atoms with Crippen LogP contribution < -0.4 is 11.0 Å². The predicted molar refractivity (Wildman–Crippen MR) is 67.6 cm³/mol. The highest BCUT2D eigenvalue weighted by Crippen LogP contribution is 2.01. The summed E-state index contributed by atoms with van der Waals surface area (Å²) in [4.78, 5) is 37.5. The standard InChI is InChI=1S/C12H17N3O4/c1-2-3-5-9(11(17)18)14-10(16)8-15-7-4-6-13-12(15)19/h4,6-7,9H,2-3,5,8H2,1H3,(H,14,16)(H,17,18)/t9-/m0/s1. The number of aliphatic carboxylic acids is 1. The van der Waals surface area contributed by atoms with Crippen LogP contribution in [0.25, 0.3) is 0 Å². The molecule has 2 N–H and O–H groups in total. The van der Waals surface area contributed by atoms with Gasteiger partial charge in [0, 0.05) is 12.4 Å². The molecule has 0 unspecified atom stereocenters. The molecule has 0 aliphatic heterocycles. The number of nitrogens with one attached hydrogen (secondary N) is 1. The first-order valence-corrected chi connectivity index (χ1v) is 6.08. The Morgan fingerprint density at radius 2 is 2.26 bits per heavy atom. The Hall–Kier alpha value is -2.18. The van der Waals surface area contributed by atoms with Gasteiger partial charge in [-0.3, -0.25) is 9.36 Å². The Balaban J connectivity index is 2.60. The van der Waals surface area contributed by atoms with Crippen molar-refractivity contribution < 1.29 is 14.7 Å². The lowest BCUT2D eigenvalue weighted by Gasteiger charge is -2.14. The Bertz CT molecular complexity index is 498. The number of carbonyl (C=O) groups excluding carboxylic acids is 1. The molecular formula is C12H17N3O4. The molecule has 0 aliphatic rings. The van der Waals surface area contributed by atoms with Crippen molar-refractivity contribution in [3.8, 4) is 0 Å². The number of carboxylic acid groups (broad SMARTS) is 1. The fourth-order valence-electron chi connectivity index (χ4n) is 1.57. The van der Waals surface area contributed by atoms with Crippen molar-refractivity contribution in [3.05, 3.63) is 28.9 Å². The molecule has 1 rings (SSSR count). The molecule has 0 aromatic carbocycles. The molecule has 1 heterocycles. The molecule has 1 amide bonds. The Morgan fingerprint density at radius 1 is 1.53 bits per heavy atom. The lowest BCUT2D eigenvalue weighted by Crippen LogP contribution is -2.43. The molecule has 1 aromatic heterocycles. The van der Waals surface area contributed by atoms with Crippen LogP contribution in [0.2, 0.25) is 0 Å². The van der Waals surface area contributed by atoms with Gasteiger partial charge in [0.2, 0.25) is 5.91 Å². The minimum Gasteiger partial charge on any atom is -0.480 e. The van der Waals surface area contributed by atoms with E-state index in [0.717, 1.165) is 11.0 Å². The molecular weight excluding hydrogens is 250 g/mol. The van der Waals surface area contributed by atoms with E-state index in [1.807, 2.05) is 6.92 Å². The van der Waals surface area contributed by atoms with Crippen LogP contribution in [0.3, 0.4) is 0 Å². The molecule has 0 bridgehead atoms. The van der Waals surface area contributed by atoms with Gasteiger partial charge in [0.15, 0.2) is 0 Å². The van der Waals surface area contributed by atoms with Crippen LogP contribution in [0.5, 0.6) is 0 Å². The van der Waals surface area contributed by atoms with Crippen LogP contribution in [0, 0.1) is 0 Å². The van der Waals surface area contributed by atoms with Crippen LogP contribution in [0.15, 0.2) is 23.3 Å². The summed E-state index contributed by atoms with van der Waals surface area (Å²) in [5.74, 6) is -1.58. The fraction of sp³-hybridized carbons (Fsp3) is 0.500. The summed E-state index contributed by atoms with van der Waals surface area (Å²) in [5.41, 5.74) is -0.543. The number of unbranched alkanes of at least 4 members (excludes halogenated alkanes) is 1. The molecule has 0 spiro atoms. The molecule has 0 aliphatic carbocycles. The highest BCUT2D eigenvalue weighted by molar-refractivity contribution is 5.83. The zero-order valence-corrected chi connectivity index (χ0v) is 10.7. The first kappa shape index (κ1) is 14.9. The number of rotatable bonds is 7. The summed E-state index contributed by atoms with van der Waals surface area (Å²) < 4.78 is 1.12. The molecule has 7 heteroatoms. The Kier molecular flexibility index (Phi) is 5.72. The largest absolute Gasteiger partial charge is 0.480 e. The van der Waals surface area contributed by atoms with E-state index in [2.05, 4.69) is 10.3 Å². The van der Waals surface area contributed by atoms with E-state index >= 15 is 0 Å². The van der Waals surface area contributed by atoms with Gasteiger partial charge in [-0.15, -0.1) is 0 Å². The zero-order valence-electron chi connectivity index (χ0n) is 10.7. The van der Waals surface area contributed by atoms with Gasteiger partial charge in [-0.1, -0.05) is 19.8 Å². The van der Waals surface area contributed by atoms with Crippen molar-refractivity contribution in [2.24, 2.45) is 0 Å². The van der Waals surface area contributed by atoms with Gasteiger partial charge in [-0.05, 0) is 12.5 Å². The molecule has 19 heavy (non-hydrogen) atoms. The molecule has 0 saturated carbocycles. The van der Waals surface area contributed by atoms with Crippen LogP contribution in [0.1, 0.15) is 26.2 Å². The maximum atomic E-state index is 11.7. The minimum atomic E-state index is -1.07. The zero-order chi connectivity index (χ0) is 14.3. The molecule has 0 fully saturated rings. The summed E-state index contributed by atoms with van der Waals surface area (Å²) in [5, 5.41) is 11.4. The maximum absolute atomic E-state index is 11.7. The second-order valence-corrected chi connectivity index (χ2v) is 4.13. The van der Waals surface area contributed by atoms with Crippen molar-refractivity contribution in [1.82, 2.24) is 14.9 Å². The summed E-state index contributed by atoms with van der Waals surface area (Å²) in [6.45, 7) is 1.71. The average Bonchev–Trinajstić information content (AvgIpc) is 2.37. The number of hydrogen-bond donors (Lipinski definition) is 2. The summed E-state index contributed by atoms with van der Waals surface area (Å²) >= 11 is 0. The number of carboxylic acids is 1. The van der Waals surface area contributed by atoms with E-state index in [1.54, 1.807) is 0 Å². The van der Waals surface area contributed by atoms with Crippen LogP contribution in [-0.4, -0.2) is 32.6 Å². The van der Waals surface area contributed by atoms with Gasteiger partial charge in [0.05, 0.1) is 0 Å². The smallest absolute Gasteiger partial charge is 0.347 e. The van der Waals surface area contributed by atoms with E-state index in [0.29, 0.717) is 12.8 Å². The predicted octanol–water partition coefficient (Wildman–Crippen LogP) is 0.00290. The third-order valence-electron chi connectivity index (χ3n) is 2.58. The minimum absolute atomic E-state index is 0.234. The molecule has 1 atom stereocenters. The van der Waals surface area contributed by atoms with Crippen molar-refractivity contribution in [3.63, 3.8) is 0 Å². The number of nitrogens with zero attached hydrogens (tertiary/aromatic N) is 2. The van der Waals surface area contributed by atoms with Gasteiger partial charge in [-0.25, -0.2) is 14.6 Å². The number of aromatic nitrogens is 2. The number of amides is 1. The normalized spacial score (nSPS) is 11.8. The average molecular weight is 267 g/mol. The Morgan fingerprint density at radius 3 is 2.84 bits per heavy atom. The molecule has 104 valence electrons. The van der Waals surface area contributed by atoms with Gasteiger partial charge in [-0.2, -0.15) is 0 Å². The third-order valence-corrected chi connectivity index (χ3v) is 2.58. The van der Waals surface area contributed by atoms with Crippen LogP contribution in [-0.2, 0) is 16.1 Å². The second-order valence-electron chi connectivity index (χ2n) is 4.13. The van der Waals surface area contributed by atoms with Crippen molar-refractivity contribution in [2.75, 3.05) is 0 Å². The van der Waals surface area contributed by atoms with Crippen molar-refractivity contribution >= 4 is 11.9 Å². The van der Waals surface area contributed by atoms with Crippen molar-refractivity contribution in [2.45, 2.75) is 38.8 Å². The SMILES string of the molecule is CCCC[C@H](NC(=O)Cn1cccnc1=O)C(=O)O. The number of carbonyl (C=O) groups is 2. The molecule has 0 radical (unpaired) electrons. The maximum Gasteiger partial charge on any atom is 0.347 e. The lowest BCUT2D eigenvalue weighted by atomic mass is 10.1. The first-order valence-electron chi connectivity index (χ1n) is 6.08. The summed E-state index contributed by atoms with van der Waals surface area (Å²) in [6.07, 6.45) is 4.69. The van der Waals surface area contributed by atoms with Crippen molar-refractivity contribution in [1.29, 1.82) is 0 Å². The van der Waals surface area contributed by atoms with E-state index in [-0.39, 0.29) is 6.54 Å². The van der Waals surface area contributed by atoms with E-state index in [9.17, 15) is 14.4 Å². The Labute approximate surface area is 110 Å². The topological polar surface area (TPSA) is 101 Å². The summed E-state index contributed by atoms with van der Waals surface area (Å²) in [7, 11) is 0.